The number of fused-ring (bicyclic) bond motifs is 1. The molecule has 1 atom stereocenters. The van der Waals surface area contributed by atoms with Crippen LogP contribution >= 0.6 is 0 Å². The molecule has 108 valence electrons. The third kappa shape index (κ3) is 2.34. The number of carbonyl (C=O) groups is 1. The van der Waals surface area contributed by atoms with E-state index in [9.17, 15) is 18.0 Å². The second kappa shape index (κ2) is 4.78. The molecule has 0 amide bonds. The summed E-state index contributed by atoms with van der Waals surface area (Å²) in [6.45, 7) is 0.927. The highest BCUT2D eigenvalue weighted by Gasteiger charge is 2.38. The molecule has 0 fully saturated rings. The molecular weight excluding hydrogens is 277 g/mol. The van der Waals surface area contributed by atoms with Crippen molar-refractivity contribution in [3.05, 3.63) is 29.6 Å². The van der Waals surface area contributed by atoms with Crippen molar-refractivity contribution in [2.24, 2.45) is 0 Å². The summed E-state index contributed by atoms with van der Waals surface area (Å²) in [6.07, 6.45) is -4.69. The number of nitrogens with zero attached hydrogens (tertiary/aromatic N) is 2. The molecule has 0 radical (unpaired) electrons. The summed E-state index contributed by atoms with van der Waals surface area (Å²) in [5.74, 6) is -2.40. The van der Waals surface area contributed by atoms with Gasteiger partial charge in [-0.05, 0) is 25.1 Å². The van der Waals surface area contributed by atoms with Gasteiger partial charge in [-0.25, -0.2) is 9.78 Å². The molecule has 0 saturated carbocycles. The Labute approximate surface area is 111 Å². The van der Waals surface area contributed by atoms with E-state index in [1.165, 1.54) is 19.1 Å². The number of aromatic nitrogens is 2. The predicted octanol–water partition coefficient (Wildman–Crippen LogP) is 2.31. The Hall–Kier alpha value is -2.09. The van der Waals surface area contributed by atoms with Crippen molar-refractivity contribution in [3.63, 3.8) is 0 Å². The monoisotopic (exact) mass is 288 g/mol. The summed E-state index contributed by atoms with van der Waals surface area (Å²) in [4.78, 5) is 14.3. The molecule has 2 rings (SSSR count). The van der Waals surface area contributed by atoms with Gasteiger partial charge in [0.15, 0.2) is 0 Å². The molecule has 1 aromatic heterocycles. The molecule has 8 heteroatoms. The van der Waals surface area contributed by atoms with Gasteiger partial charge in [0.1, 0.15) is 0 Å². The smallest absolute Gasteiger partial charge is 0.449 e. The number of benzene rings is 1. The summed E-state index contributed by atoms with van der Waals surface area (Å²) in [7, 11) is 0. The first kappa shape index (κ1) is 14.3. The van der Waals surface area contributed by atoms with Crippen LogP contribution in [-0.2, 0) is 6.18 Å². The fraction of sp³-hybridized carbons (Fsp3) is 0.333. The Balaban J connectivity index is 2.75. The third-order valence-electron chi connectivity index (χ3n) is 2.89. The van der Waals surface area contributed by atoms with Gasteiger partial charge in [-0.3, -0.25) is 0 Å². The summed E-state index contributed by atoms with van der Waals surface area (Å²) in [6, 6.07) is 2.71. The Morgan fingerprint density at radius 2 is 2.10 bits per heavy atom. The maximum Gasteiger partial charge on any atom is 0.449 e. The molecule has 2 aromatic rings. The van der Waals surface area contributed by atoms with E-state index in [0.717, 1.165) is 10.6 Å². The van der Waals surface area contributed by atoms with Crippen molar-refractivity contribution < 1.29 is 28.2 Å². The fourth-order valence-corrected chi connectivity index (χ4v) is 1.96. The van der Waals surface area contributed by atoms with Gasteiger partial charge in [0.25, 0.3) is 0 Å². The van der Waals surface area contributed by atoms with Crippen LogP contribution < -0.4 is 0 Å². The normalized spacial score (nSPS) is 13.7. The lowest BCUT2D eigenvalue weighted by Gasteiger charge is -2.16. The zero-order chi connectivity index (χ0) is 15.1. The molecule has 1 heterocycles. The molecule has 0 aliphatic rings. The average Bonchev–Trinajstić information content (AvgIpc) is 2.75. The van der Waals surface area contributed by atoms with Gasteiger partial charge in [-0.2, -0.15) is 13.2 Å². The van der Waals surface area contributed by atoms with Crippen molar-refractivity contribution in [3.8, 4) is 0 Å². The Morgan fingerprint density at radius 1 is 1.45 bits per heavy atom. The maximum absolute atomic E-state index is 13.0. The molecule has 0 saturated heterocycles. The number of carboxylic acid groups (broad SMARTS) is 1. The Bertz CT molecular complexity index is 664. The van der Waals surface area contributed by atoms with Crippen molar-refractivity contribution in [1.82, 2.24) is 9.55 Å². The number of aliphatic hydroxyl groups is 1. The topological polar surface area (TPSA) is 75.3 Å². The lowest BCUT2D eigenvalue weighted by atomic mass is 10.2. The summed E-state index contributed by atoms with van der Waals surface area (Å²) >= 11 is 0. The van der Waals surface area contributed by atoms with Crippen molar-refractivity contribution in [1.29, 1.82) is 0 Å². The highest BCUT2D eigenvalue weighted by Crippen LogP contribution is 2.33. The minimum Gasteiger partial charge on any atom is -0.478 e. The minimum absolute atomic E-state index is 0.0717. The van der Waals surface area contributed by atoms with Crippen LogP contribution in [0.2, 0.25) is 0 Å². The van der Waals surface area contributed by atoms with Gasteiger partial charge in [0.05, 0.1) is 29.2 Å². The van der Waals surface area contributed by atoms with Crippen LogP contribution in [0.5, 0.6) is 0 Å². The second-order valence-corrected chi connectivity index (χ2v) is 4.34. The lowest BCUT2D eigenvalue weighted by Crippen LogP contribution is -2.19. The maximum atomic E-state index is 13.0. The Kier molecular flexibility index (Phi) is 3.43. The van der Waals surface area contributed by atoms with Crippen molar-refractivity contribution >= 4 is 17.0 Å². The SMILES string of the molecule is CC(CO)n1c(C(F)(F)F)nc2cc(C(=O)O)ccc21. The summed E-state index contributed by atoms with van der Waals surface area (Å²) in [5, 5.41) is 17.9. The van der Waals surface area contributed by atoms with E-state index in [1.807, 2.05) is 0 Å². The highest BCUT2D eigenvalue weighted by molar-refractivity contribution is 5.92. The number of carboxylic acids is 1. The molecule has 5 nitrogen and oxygen atoms in total. The largest absolute Gasteiger partial charge is 0.478 e. The molecule has 0 aliphatic carbocycles. The van der Waals surface area contributed by atoms with Crippen LogP contribution in [0.25, 0.3) is 11.0 Å². The third-order valence-corrected chi connectivity index (χ3v) is 2.89. The van der Waals surface area contributed by atoms with E-state index in [1.54, 1.807) is 0 Å². The van der Waals surface area contributed by atoms with Crippen LogP contribution in [0.15, 0.2) is 18.2 Å². The van der Waals surface area contributed by atoms with Crippen LogP contribution in [0.1, 0.15) is 29.1 Å². The number of hydrogen-bond donors (Lipinski definition) is 2. The van der Waals surface area contributed by atoms with Crippen LogP contribution in [-0.4, -0.2) is 32.3 Å². The van der Waals surface area contributed by atoms with Gasteiger partial charge in [0.2, 0.25) is 5.82 Å². The standard InChI is InChI=1S/C12H11F3N2O3/c1-6(5-18)17-9-3-2-7(10(19)20)4-8(9)16-11(17)12(13,14)15/h2-4,6,18H,5H2,1H3,(H,19,20). The second-order valence-electron chi connectivity index (χ2n) is 4.34. The van der Waals surface area contributed by atoms with Crippen molar-refractivity contribution in [2.75, 3.05) is 6.61 Å². The van der Waals surface area contributed by atoms with E-state index in [2.05, 4.69) is 4.98 Å². The van der Waals surface area contributed by atoms with E-state index in [-0.39, 0.29) is 16.6 Å². The number of aliphatic hydroxyl groups excluding tert-OH is 1. The molecular formula is C12H11F3N2O3. The number of imidazole rings is 1. The summed E-state index contributed by atoms with van der Waals surface area (Å²) in [5.41, 5.74) is -0.0890. The molecule has 1 aromatic carbocycles. The van der Waals surface area contributed by atoms with E-state index in [0.29, 0.717) is 0 Å². The zero-order valence-corrected chi connectivity index (χ0v) is 10.3. The molecule has 0 aliphatic heterocycles. The van der Waals surface area contributed by atoms with Crippen LogP contribution in [0.4, 0.5) is 13.2 Å². The van der Waals surface area contributed by atoms with Gasteiger partial charge in [0, 0.05) is 0 Å². The first-order valence-electron chi connectivity index (χ1n) is 5.69. The number of hydrogen-bond acceptors (Lipinski definition) is 3. The summed E-state index contributed by atoms with van der Waals surface area (Å²) < 4.78 is 39.7. The van der Waals surface area contributed by atoms with Gasteiger partial charge in [-0.1, -0.05) is 0 Å². The molecule has 20 heavy (non-hydrogen) atoms. The molecule has 2 N–H and O–H groups in total. The van der Waals surface area contributed by atoms with Gasteiger partial charge in [-0.15, -0.1) is 0 Å². The number of alkyl halides is 3. The van der Waals surface area contributed by atoms with Crippen LogP contribution in [0.3, 0.4) is 0 Å². The van der Waals surface area contributed by atoms with Gasteiger partial charge >= 0.3 is 12.1 Å². The predicted molar refractivity (Wildman–Crippen MR) is 63.5 cm³/mol. The lowest BCUT2D eigenvalue weighted by molar-refractivity contribution is -0.147. The zero-order valence-electron chi connectivity index (χ0n) is 10.3. The molecule has 0 spiro atoms. The molecule has 1 unspecified atom stereocenters. The first-order valence-corrected chi connectivity index (χ1v) is 5.69. The van der Waals surface area contributed by atoms with E-state index < -0.39 is 30.6 Å². The average molecular weight is 288 g/mol. The van der Waals surface area contributed by atoms with Crippen molar-refractivity contribution in [2.45, 2.75) is 19.1 Å². The van der Waals surface area contributed by atoms with Gasteiger partial charge < -0.3 is 14.8 Å². The first-order chi connectivity index (χ1) is 9.25. The van der Waals surface area contributed by atoms with E-state index in [4.69, 9.17) is 10.2 Å². The highest BCUT2D eigenvalue weighted by atomic mass is 19.4. The Morgan fingerprint density at radius 3 is 2.60 bits per heavy atom. The molecule has 0 bridgehead atoms. The number of halogens is 3. The number of rotatable bonds is 3. The van der Waals surface area contributed by atoms with E-state index >= 15 is 0 Å². The number of aromatic carboxylic acids is 1. The van der Waals surface area contributed by atoms with Crippen LogP contribution in [0, 0.1) is 0 Å². The minimum atomic E-state index is -4.69. The quantitative estimate of drug-likeness (QED) is 0.908. The fourth-order valence-electron chi connectivity index (χ4n) is 1.96.